The Labute approximate surface area is 176 Å². The molecule has 3 aromatic carbocycles. The largest absolute Gasteiger partial charge is 0.497 e. The van der Waals surface area contributed by atoms with Gasteiger partial charge in [-0.25, -0.2) is 0 Å². The molecule has 3 rings (SSSR count). The molecule has 0 aliphatic rings. The number of thiol groups is 1. The van der Waals surface area contributed by atoms with E-state index in [0.29, 0.717) is 11.3 Å². The van der Waals surface area contributed by atoms with Gasteiger partial charge in [0.1, 0.15) is 11.8 Å². The smallest absolute Gasteiger partial charge is 0.196 e. The van der Waals surface area contributed by atoms with Crippen molar-refractivity contribution in [2.24, 2.45) is 0 Å². The fourth-order valence-corrected chi connectivity index (χ4v) is 3.32. The van der Waals surface area contributed by atoms with Gasteiger partial charge < -0.3 is 15.5 Å². The summed E-state index contributed by atoms with van der Waals surface area (Å²) in [6.07, 6.45) is 1.17. The van der Waals surface area contributed by atoms with Gasteiger partial charge in [0.05, 0.1) is 12.0 Å². The number of hydrogen-bond donors (Lipinski definition) is 3. The minimum Gasteiger partial charge on any atom is -0.497 e. The summed E-state index contributed by atoms with van der Waals surface area (Å²) in [5.74, 6) is 0.477. The van der Waals surface area contributed by atoms with Crippen LogP contribution in [0.4, 0.5) is 5.69 Å². The Balaban J connectivity index is 2.02. The molecule has 1 unspecified atom stereocenters. The monoisotopic (exact) mass is 402 g/mol. The lowest BCUT2D eigenvalue weighted by Crippen LogP contribution is -2.22. The third kappa shape index (κ3) is 4.95. The molecule has 0 aliphatic heterocycles. The first-order chi connectivity index (χ1) is 14.1. The van der Waals surface area contributed by atoms with Crippen LogP contribution in [0.15, 0.2) is 89.8 Å². The molecule has 1 atom stereocenters. The highest BCUT2D eigenvalue weighted by atomic mass is 32.1. The van der Waals surface area contributed by atoms with Crippen LogP contribution in [0.25, 0.3) is 5.57 Å². The summed E-state index contributed by atoms with van der Waals surface area (Å²) in [6.45, 7) is 0. The molecule has 29 heavy (non-hydrogen) atoms. The molecule has 0 fully saturated rings. The lowest BCUT2D eigenvalue weighted by molar-refractivity contribution is -0.115. The van der Waals surface area contributed by atoms with E-state index in [1.165, 1.54) is 6.21 Å². The lowest BCUT2D eigenvalue weighted by Gasteiger charge is -2.21. The van der Waals surface area contributed by atoms with Gasteiger partial charge in [0, 0.05) is 23.5 Å². The molecule has 0 heterocycles. The third-order valence-electron chi connectivity index (χ3n) is 4.49. The number of rotatable bonds is 8. The summed E-state index contributed by atoms with van der Waals surface area (Å²) in [6, 6.07) is 25.6. The second kappa shape index (κ2) is 9.75. The highest BCUT2D eigenvalue weighted by molar-refractivity contribution is 7.86. The number of ether oxygens (including phenoxy) is 1. The zero-order valence-electron chi connectivity index (χ0n) is 16.0. The highest BCUT2D eigenvalue weighted by Crippen LogP contribution is 2.29. The van der Waals surface area contributed by atoms with Crippen molar-refractivity contribution in [3.63, 3.8) is 0 Å². The molecule has 0 radical (unpaired) electrons. The van der Waals surface area contributed by atoms with Crippen molar-refractivity contribution in [3.8, 4) is 5.75 Å². The second-order valence-electron chi connectivity index (χ2n) is 6.36. The Morgan fingerprint density at radius 1 is 1.00 bits per heavy atom. The maximum absolute atomic E-state index is 13.4. The van der Waals surface area contributed by atoms with Gasteiger partial charge in [-0.1, -0.05) is 66.7 Å². The number of methoxy groups -OCH3 is 1. The Hall–Kier alpha value is -3.31. The first-order valence-electron chi connectivity index (χ1n) is 9.13. The summed E-state index contributed by atoms with van der Waals surface area (Å²) in [4.78, 5) is 13.7. The number of allylic oxidation sites excluding steroid dienone is 1. The van der Waals surface area contributed by atoms with E-state index >= 15 is 0 Å². The Morgan fingerprint density at radius 3 is 2.28 bits per heavy atom. The molecule has 4 nitrogen and oxygen atoms in total. The van der Waals surface area contributed by atoms with Gasteiger partial charge in [-0.3, -0.25) is 4.79 Å². The number of carbonyl (C=O) groups excluding carboxylic acids is 1. The van der Waals surface area contributed by atoms with Crippen molar-refractivity contribution in [1.82, 2.24) is 0 Å². The molecule has 0 amide bonds. The van der Waals surface area contributed by atoms with E-state index in [4.69, 9.17) is 10.1 Å². The first-order valence-corrected chi connectivity index (χ1v) is 9.57. The van der Waals surface area contributed by atoms with Crippen molar-refractivity contribution >= 4 is 35.9 Å². The van der Waals surface area contributed by atoms with E-state index in [-0.39, 0.29) is 10.7 Å². The molecule has 0 saturated heterocycles. The molecule has 5 heteroatoms. The van der Waals surface area contributed by atoms with Crippen molar-refractivity contribution < 1.29 is 9.53 Å². The van der Waals surface area contributed by atoms with Crippen LogP contribution in [-0.2, 0) is 4.79 Å². The molecule has 0 spiro atoms. The summed E-state index contributed by atoms with van der Waals surface area (Å²) in [5.41, 5.74) is 2.81. The van der Waals surface area contributed by atoms with E-state index < -0.39 is 6.04 Å². The number of benzene rings is 3. The fourth-order valence-electron chi connectivity index (χ4n) is 3.00. The topological polar surface area (TPSA) is 62.2 Å². The number of anilines is 1. The van der Waals surface area contributed by atoms with Crippen LogP contribution in [0.1, 0.15) is 17.2 Å². The van der Waals surface area contributed by atoms with E-state index in [1.54, 1.807) is 7.11 Å². The number of hydrogen-bond acceptors (Lipinski definition) is 5. The summed E-state index contributed by atoms with van der Waals surface area (Å²) in [5, 5.41) is 11.1. The van der Waals surface area contributed by atoms with Gasteiger partial charge in [-0.2, -0.15) is 0 Å². The zero-order valence-corrected chi connectivity index (χ0v) is 16.9. The minimum atomic E-state index is -0.658. The lowest BCUT2D eigenvalue weighted by atomic mass is 9.98. The molecule has 0 bridgehead atoms. The van der Waals surface area contributed by atoms with Crippen molar-refractivity contribution in [3.05, 3.63) is 101 Å². The zero-order chi connectivity index (χ0) is 20.6. The maximum Gasteiger partial charge on any atom is 0.196 e. The predicted molar refractivity (Wildman–Crippen MR) is 122 cm³/mol. The van der Waals surface area contributed by atoms with Crippen LogP contribution in [0.2, 0.25) is 0 Å². The standard InChI is InChI=1S/C24H22N2O2S/c1-28-20-14-8-13-19(15-20)26-22(18-11-6-3-7-12-18)23(27)24(29)21(16-25)17-9-4-2-5-10-17/h2-16,22,25-26,29H,1H3/b24-21+,25-16?. The molecular formula is C24H22N2O2S. The Bertz CT molecular complexity index is 1020. The first kappa shape index (κ1) is 20.4. The fraction of sp³-hybridized carbons (Fsp3) is 0.0833. The summed E-state index contributed by atoms with van der Waals surface area (Å²) >= 11 is 4.52. The van der Waals surface area contributed by atoms with Crippen LogP contribution in [0.3, 0.4) is 0 Å². The molecular weight excluding hydrogens is 380 g/mol. The number of carbonyl (C=O) groups is 1. The molecule has 0 saturated carbocycles. The molecule has 0 aliphatic carbocycles. The Kier molecular flexibility index (Phi) is 6.87. The third-order valence-corrected chi connectivity index (χ3v) is 4.95. The van der Waals surface area contributed by atoms with Gasteiger partial charge in [-0.05, 0) is 23.3 Å². The van der Waals surface area contributed by atoms with Crippen LogP contribution in [0.5, 0.6) is 5.75 Å². The van der Waals surface area contributed by atoms with Gasteiger partial charge in [0.2, 0.25) is 0 Å². The van der Waals surface area contributed by atoms with Crippen LogP contribution in [0, 0.1) is 5.41 Å². The Morgan fingerprint density at radius 2 is 1.66 bits per heavy atom. The molecule has 0 aromatic heterocycles. The van der Waals surface area contributed by atoms with E-state index in [1.807, 2.05) is 84.9 Å². The SMILES string of the molecule is COc1cccc(NC(C(=O)/C(S)=C(/C=N)c2ccccc2)c2ccccc2)c1. The number of nitrogens with one attached hydrogen (secondary N) is 2. The van der Waals surface area contributed by atoms with E-state index in [9.17, 15) is 4.79 Å². The van der Waals surface area contributed by atoms with E-state index in [2.05, 4.69) is 17.9 Å². The van der Waals surface area contributed by atoms with Crippen LogP contribution in [-0.4, -0.2) is 19.1 Å². The van der Waals surface area contributed by atoms with Crippen molar-refractivity contribution in [2.75, 3.05) is 12.4 Å². The maximum atomic E-state index is 13.4. The summed E-state index contributed by atoms with van der Waals surface area (Å²) < 4.78 is 5.28. The van der Waals surface area contributed by atoms with Crippen LogP contribution < -0.4 is 10.1 Å². The van der Waals surface area contributed by atoms with Gasteiger partial charge in [0.25, 0.3) is 0 Å². The predicted octanol–water partition coefficient (Wildman–Crippen LogP) is 5.41. The molecule has 146 valence electrons. The van der Waals surface area contributed by atoms with Gasteiger partial charge >= 0.3 is 0 Å². The van der Waals surface area contributed by atoms with Crippen molar-refractivity contribution in [2.45, 2.75) is 6.04 Å². The number of ketones is 1. The summed E-state index contributed by atoms with van der Waals surface area (Å²) in [7, 11) is 1.60. The molecule has 3 aromatic rings. The minimum absolute atomic E-state index is 0.218. The quantitative estimate of drug-likeness (QED) is 0.268. The highest BCUT2D eigenvalue weighted by Gasteiger charge is 2.24. The average Bonchev–Trinajstić information content (AvgIpc) is 2.79. The second-order valence-corrected chi connectivity index (χ2v) is 6.80. The van der Waals surface area contributed by atoms with E-state index in [0.717, 1.165) is 16.8 Å². The molecule has 2 N–H and O–H groups in total. The van der Waals surface area contributed by atoms with Crippen LogP contribution >= 0.6 is 12.6 Å². The normalized spacial score (nSPS) is 12.5. The van der Waals surface area contributed by atoms with Crippen molar-refractivity contribution in [1.29, 1.82) is 5.41 Å². The van der Waals surface area contributed by atoms with Gasteiger partial charge in [0.15, 0.2) is 5.78 Å². The average molecular weight is 403 g/mol. The number of Topliss-reactive ketones (excluding diaryl/α,β-unsaturated/α-hetero) is 1. The van der Waals surface area contributed by atoms with Gasteiger partial charge in [-0.15, -0.1) is 12.6 Å².